The molecule has 0 unspecified atom stereocenters. The van der Waals surface area contributed by atoms with Gasteiger partial charge in [0, 0.05) is 30.5 Å². The van der Waals surface area contributed by atoms with Crippen LogP contribution in [0.3, 0.4) is 0 Å². The van der Waals surface area contributed by atoms with Gasteiger partial charge in [0.05, 0.1) is 5.69 Å². The van der Waals surface area contributed by atoms with Gasteiger partial charge in [-0.05, 0) is 36.8 Å². The highest BCUT2D eigenvalue weighted by Crippen LogP contribution is 2.26. The molecule has 1 aromatic carbocycles. The number of benzene rings is 1. The van der Waals surface area contributed by atoms with Crippen molar-refractivity contribution >= 4 is 38.3 Å². The van der Waals surface area contributed by atoms with Gasteiger partial charge in [-0.25, -0.2) is 9.78 Å². The molecule has 0 aliphatic heterocycles. The molecular formula is C16H15BrN4O2. The zero-order chi connectivity index (χ0) is 16.7. The summed E-state index contributed by atoms with van der Waals surface area (Å²) in [6, 6.07) is 7.63. The van der Waals surface area contributed by atoms with Crippen LogP contribution >= 0.6 is 15.9 Å². The number of aryl methyl sites for hydroxylation is 2. The van der Waals surface area contributed by atoms with Gasteiger partial charge < -0.3 is 5.32 Å². The molecule has 0 saturated carbocycles. The summed E-state index contributed by atoms with van der Waals surface area (Å²) in [5.74, 6) is 0. The maximum atomic E-state index is 12.6. The van der Waals surface area contributed by atoms with E-state index in [1.54, 1.807) is 13.2 Å². The third-order valence-electron chi connectivity index (χ3n) is 3.77. The fourth-order valence-electron chi connectivity index (χ4n) is 2.46. The topological polar surface area (TPSA) is 68.9 Å². The second-order valence-electron chi connectivity index (χ2n) is 5.35. The highest BCUT2D eigenvalue weighted by Gasteiger charge is 2.15. The molecule has 23 heavy (non-hydrogen) atoms. The minimum absolute atomic E-state index is 0.362. The van der Waals surface area contributed by atoms with Gasteiger partial charge in [0.2, 0.25) is 0 Å². The Kier molecular flexibility index (Phi) is 3.81. The van der Waals surface area contributed by atoms with Crippen molar-refractivity contribution in [3.8, 4) is 0 Å². The summed E-state index contributed by atoms with van der Waals surface area (Å²) < 4.78 is 3.44. The SMILES string of the molecule is Cc1cnc2c(c1Nc1ccc(Br)cc1)c(=O)n(C)c(=O)n2C. The number of nitrogens with zero attached hydrogens (tertiary/aromatic N) is 3. The normalized spacial score (nSPS) is 11.0. The average molecular weight is 375 g/mol. The van der Waals surface area contributed by atoms with Crippen molar-refractivity contribution in [1.82, 2.24) is 14.1 Å². The zero-order valence-electron chi connectivity index (χ0n) is 12.9. The molecule has 3 rings (SSSR count). The number of halogens is 1. The molecule has 0 radical (unpaired) electrons. The number of nitrogens with one attached hydrogen (secondary N) is 1. The maximum Gasteiger partial charge on any atom is 0.332 e. The fourth-order valence-corrected chi connectivity index (χ4v) is 2.73. The smallest absolute Gasteiger partial charge is 0.332 e. The van der Waals surface area contributed by atoms with E-state index < -0.39 is 5.69 Å². The Bertz CT molecular complexity index is 1020. The summed E-state index contributed by atoms with van der Waals surface area (Å²) in [7, 11) is 3.08. The number of aromatic nitrogens is 3. The number of hydrogen-bond donors (Lipinski definition) is 1. The fraction of sp³-hybridized carbons (Fsp3) is 0.188. The Morgan fingerprint density at radius 2 is 1.74 bits per heavy atom. The van der Waals surface area contributed by atoms with Crippen molar-refractivity contribution < 1.29 is 0 Å². The van der Waals surface area contributed by atoms with E-state index in [4.69, 9.17) is 0 Å². The Balaban J connectivity index is 2.32. The minimum atomic E-state index is -0.395. The first-order valence-electron chi connectivity index (χ1n) is 6.98. The first kappa shape index (κ1) is 15.5. The van der Waals surface area contributed by atoms with Crippen molar-refractivity contribution in [3.05, 3.63) is 61.3 Å². The van der Waals surface area contributed by atoms with Crippen LogP contribution in [0.25, 0.3) is 11.0 Å². The molecule has 0 fully saturated rings. The van der Waals surface area contributed by atoms with E-state index in [-0.39, 0.29) is 5.56 Å². The van der Waals surface area contributed by atoms with E-state index in [0.717, 1.165) is 20.3 Å². The summed E-state index contributed by atoms with van der Waals surface area (Å²) in [4.78, 5) is 28.9. The van der Waals surface area contributed by atoms with Crippen LogP contribution in [-0.4, -0.2) is 14.1 Å². The third kappa shape index (κ3) is 2.57. The van der Waals surface area contributed by atoms with Crippen LogP contribution in [0.5, 0.6) is 0 Å². The molecule has 6 nitrogen and oxygen atoms in total. The Labute approximate surface area is 140 Å². The standard InChI is InChI=1S/C16H15BrN4O2/c1-9-8-18-14-12(15(22)21(3)16(23)20(14)2)13(9)19-11-6-4-10(17)5-7-11/h4-8H,1-3H3,(H,18,19). The predicted octanol–water partition coefficient (Wildman–Crippen LogP) is 2.45. The van der Waals surface area contributed by atoms with Crippen LogP contribution < -0.4 is 16.6 Å². The maximum absolute atomic E-state index is 12.6. The number of rotatable bonds is 2. The lowest BCUT2D eigenvalue weighted by Gasteiger charge is -2.14. The molecule has 7 heteroatoms. The Morgan fingerprint density at radius 1 is 1.09 bits per heavy atom. The molecule has 0 amide bonds. The molecule has 0 atom stereocenters. The molecular weight excluding hydrogens is 360 g/mol. The van der Waals surface area contributed by atoms with Crippen molar-refractivity contribution in [3.63, 3.8) is 0 Å². The molecule has 0 aliphatic carbocycles. The van der Waals surface area contributed by atoms with Gasteiger partial charge in [-0.2, -0.15) is 0 Å². The monoisotopic (exact) mass is 374 g/mol. The lowest BCUT2D eigenvalue weighted by atomic mass is 10.1. The van der Waals surface area contributed by atoms with E-state index in [9.17, 15) is 9.59 Å². The highest BCUT2D eigenvalue weighted by molar-refractivity contribution is 9.10. The lowest BCUT2D eigenvalue weighted by molar-refractivity contribution is 0.707. The van der Waals surface area contributed by atoms with Crippen LogP contribution in [0, 0.1) is 6.92 Å². The second-order valence-corrected chi connectivity index (χ2v) is 6.27. The summed E-state index contributed by atoms with van der Waals surface area (Å²) >= 11 is 3.39. The summed E-state index contributed by atoms with van der Waals surface area (Å²) in [6.45, 7) is 1.87. The van der Waals surface area contributed by atoms with Crippen LogP contribution in [0.15, 0.2) is 44.5 Å². The Hall–Kier alpha value is -2.41. The molecule has 2 heterocycles. The number of hydrogen-bond acceptors (Lipinski definition) is 4. The predicted molar refractivity (Wildman–Crippen MR) is 94.4 cm³/mol. The third-order valence-corrected chi connectivity index (χ3v) is 4.30. The molecule has 118 valence electrons. The van der Waals surface area contributed by atoms with E-state index in [1.165, 1.54) is 11.6 Å². The zero-order valence-corrected chi connectivity index (χ0v) is 14.5. The van der Waals surface area contributed by atoms with E-state index in [2.05, 4.69) is 26.2 Å². The lowest BCUT2D eigenvalue weighted by Crippen LogP contribution is -2.37. The summed E-state index contributed by atoms with van der Waals surface area (Å²) in [5, 5.41) is 3.67. The molecule has 2 aromatic heterocycles. The largest absolute Gasteiger partial charge is 0.354 e. The van der Waals surface area contributed by atoms with Crippen LogP contribution in [0.1, 0.15) is 5.56 Å². The van der Waals surface area contributed by atoms with Crippen molar-refractivity contribution in [2.24, 2.45) is 14.1 Å². The molecule has 1 N–H and O–H groups in total. The molecule has 3 aromatic rings. The molecule has 0 bridgehead atoms. The average Bonchev–Trinajstić information content (AvgIpc) is 2.54. The van der Waals surface area contributed by atoms with E-state index in [0.29, 0.717) is 16.7 Å². The van der Waals surface area contributed by atoms with Crippen molar-refractivity contribution in [1.29, 1.82) is 0 Å². The number of fused-ring (bicyclic) bond motifs is 1. The minimum Gasteiger partial charge on any atom is -0.354 e. The molecule has 0 spiro atoms. The second kappa shape index (κ2) is 5.66. The van der Waals surface area contributed by atoms with Crippen LogP contribution in [0.2, 0.25) is 0 Å². The van der Waals surface area contributed by atoms with Crippen LogP contribution in [-0.2, 0) is 14.1 Å². The van der Waals surface area contributed by atoms with Crippen LogP contribution in [0.4, 0.5) is 11.4 Å². The van der Waals surface area contributed by atoms with E-state index in [1.807, 2.05) is 31.2 Å². The van der Waals surface area contributed by atoms with Gasteiger partial charge in [0.25, 0.3) is 5.56 Å². The van der Waals surface area contributed by atoms with Crippen molar-refractivity contribution in [2.75, 3.05) is 5.32 Å². The Morgan fingerprint density at radius 3 is 2.39 bits per heavy atom. The molecule has 0 aliphatic rings. The van der Waals surface area contributed by atoms with Gasteiger partial charge >= 0.3 is 5.69 Å². The highest BCUT2D eigenvalue weighted by atomic mass is 79.9. The van der Waals surface area contributed by atoms with Gasteiger partial charge in [-0.3, -0.25) is 13.9 Å². The number of anilines is 2. The van der Waals surface area contributed by atoms with Gasteiger partial charge in [0.15, 0.2) is 5.65 Å². The summed E-state index contributed by atoms with van der Waals surface area (Å²) in [6.07, 6.45) is 1.66. The van der Waals surface area contributed by atoms with Crippen molar-refractivity contribution in [2.45, 2.75) is 6.92 Å². The number of pyridine rings is 1. The summed E-state index contributed by atoms with van der Waals surface area (Å²) in [5.41, 5.74) is 1.94. The van der Waals surface area contributed by atoms with E-state index >= 15 is 0 Å². The van der Waals surface area contributed by atoms with Gasteiger partial charge in [-0.15, -0.1) is 0 Å². The van der Waals surface area contributed by atoms with Gasteiger partial charge in [-0.1, -0.05) is 15.9 Å². The molecule has 0 saturated heterocycles. The first-order chi connectivity index (χ1) is 10.9. The van der Waals surface area contributed by atoms with Gasteiger partial charge in [0.1, 0.15) is 5.39 Å². The quantitative estimate of drug-likeness (QED) is 0.747. The first-order valence-corrected chi connectivity index (χ1v) is 7.77.